The van der Waals surface area contributed by atoms with Crippen molar-refractivity contribution in [3.63, 3.8) is 0 Å². The van der Waals surface area contributed by atoms with Crippen LogP contribution < -0.4 is 10.6 Å². The quantitative estimate of drug-likeness (QED) is 0.360. The van der Waals surface area contributed by atoms with E-state index in [1.165, 1.54) is 41.9 Å². The molecule has 3 aromatic rings. The summed E-state index contributed by atoms with van der Waals surface area (Å²) < 4.78 is 5.17. The number of nitrogens with one attached hydrogen (secondary N) is 2. The van der Waals surface area contributed by atoms with Crippen molar-refractivity contribution >= 4 is 34.9 Å². The molecular formula is C19H15N3O5S. The van der Waals surface area contributed by atoms with Crippen LogP contribution in [0.25, 0.3) is 6.08 Å². The number of nitro groups is 1. The van der Waals surface area contributed by atoms with Crippen LogP contribution in [0, 0.1) is 10.1 Å². The average molecular weight is 397 g/mol. The first-order valence-electron chi connectivity index (χ1n) is 8.14. The van der Waals surface area contributed by atoms with Crippen molar-refractivity contribution in [3.05, 3.63) is 92.2 Å². The summed E-state index contributed by atoms with van der Waals surface area (Å²) in [6.07, 6.45) is 2.87. The largest absolute Gasteiger partial charge is 0.467 e. The highest BCUT2D eigenvalue weighted by atomic mass is 32.1. The molecule has 0 fully saturated rings. The van der Waals surface area contributed by atoms with E-state index < -0.39 is 16.7 Å². The predicted octanol–water partition coefficient (Wildman–Crippen LogP) is 3.34. The van der Waals surface area contributed by atoms with Crippen LogP contribution in [0.15, 0.2) is 70.3 Å². The number of nitrogens with zero attached hydrogens (tertiary/aromatic N) is 1. The summed E-state index contributed by atoms with van der Waals surface area (Å²) in [6, 6.07) is 12.5. The van der Waals surface area contributed by atoms with Crippen molar-refractivity contribution < 1.29 is 18.9 Å². The van der Waals surface area contributed by atoms with Gasteiger partial charge < -0.3 is 15.1 Å². The molecule has 2 N–H and O–H groups in total. The minimum absolute atomic E-state index is 0.0366. The van der Waals surface area contributed by atoms with Crippen LogP contribution in [-0.4, -0.2) is 16.7 Å². The van der Waals surface area contributed by atoms with Gasteiger partial charge >= 0.3 is 0 Å². The lowest BCUT2D eigenvalue weighted by Gasteiger charge is -2.10. The topological polar surface area (TPSA) is 114 Å². The minimum Gasteiger partial charge on any atom is -0.467 e. The molecule has 0 bridgehead atoms. The van der Waals surface area contributed by atoms with Gasteiger partial charge in [-0.15, -0.1) is 11.3 Å². The van der Waals surface area contributed by atoms with Gasteiger partial charge in [0.1, 0.15) is 11.5 Å². The van der Waals surface area contributed by atoms with Gasteiger partial charge in [-0.2, -0.15) is 0 Å². The van der Waals surface area contributed by atoms with Crippen molar-refractivity contribution in [2.24, 2.45) is 0 Å². The smallest absolute Gasteiger partial charge is 0.270 e. The van der Waals surface area contributed by atoms with Gasteiger partial charge in [0.05, 0.1) is 22.6 Å². The van der Waals surface area contributed by atoms with E-state index in [2.05, 4.69) is 10.6 Å². The number of carbonyl (C=O) groups excluding carboxylic acids is 2. The van der Waals surface area contributed by atoms with Gasteiger partial charge in [-0.25, -0.2) is 0 Å². The molecule has 0 aliphatic rings. The van der Waals surface area contributed by atoms with E-state index >= 15 is 0 Å². The molecule has 9 heteroatoms. The first-order chi connectivity index (χ1) is 13.5. The maximum Gasteiger partial charge on any atom is 0.270 e. The van der Waals surface area contributed by atoms with Crippen molar-refractivity contribution in [2.45, 2.75) is 6.54 Å². The molecule has 2 heterocycles. The number of carbonyl (C=O) groups is 2. The summed E-state index contributed by atoms with van der Waals surface area (Å²) in [6.45, 7) is 0.132. The molecule has 0 atom stereocenters. The third-order valence-electron chi connectivity index (χ3n) is 3.63. The van der Waals surface area contributed by atoms with E-state index in [4.69, 9.17) is 4.42 Å². The van der Waals surface area contributed by atoms with Crippen molar-refractivity contribution in [1.82, 2.24) is 10.6 Å². The third-order valence-corrected chi connectivity index (χ3v) is 4.50. The highest BCUT2D eigenvalue weighted by molar-refractivity contribution is 7.12. The maximum atomic E-state index is 12.6. The van der Waals surface area contributed by atoms with Crippen molar-refractivity contribution in [3.8, 4) is 0 Å². The molecule has 0 aliphatic carbocycles. The SMILES string of the molecule is O=C(NCc1ccco1)/C(=C/c1cccc([N+](=O)[O-])c1)NC(=O)c1cccs1. The zero-order valence-corrected chi connectivity index (χ0v) is 15.3. The summed E-state index contributed by atoms with van der Waals surface area (Å²) >= 11 is 1.23. The second kappa shape index (κ2) is 8.78. The lowest BCUT2D eigenvalue weighted by Crippen LogP contribution is -2.34. The summed E-state index contributed by atoms with van der Waals surface area (Å²) in [7, 11) is 0. The first-order valence-corrected chi connectivity index (χ1v) is 9.02. The Labute approximate surface area is 163 Å². The molecule has 3 rings (SSSR count). The van der Waals surface area contributed by atoms with Crippen LogP contribution in [0.5, 0.6) is 0 Å². The van der Waals surface area contributed by atoms with Crippen LogP contribution in [0.3, 0.4) is 0 Å². The number of non-ortho nitro benzene ring substituents is 1. The van der Waals surface area contributed by atoms with Crippen LogP contribution in [0.1, 0.15) is 21.0 Å². The van der Waals surface area contributed by atoms with E-state index in [9.17, 15) is 19.7 Å². The Bertz CT molecular complexity index is 1010. The van der Waals surface area contributed by atoms with Gasteiger partial charge in [0, 0.05) is 12.1 Å². The van der Waals surface area contributed by atoms with Crippen LogP contribution in [0.2, 0.25) is 0 Å². The van der Waals surface area contributed by atoms with E-state index in [1.807, 2.05) is 0 Å². The number of benzene rings is 1. The fourth-order valence-corrected chi connectivity index (χ4v) is 2.94. The van der Waals surface area contributed by atoms with Crippen molar-refractivity contribution in [1.29, 1.82) is 0 Å². The van der Waals surface area contributed by atoms with Gasteiger partial charge in [0.15, 0.2) is 0 Å². The Morgan fingerprint density at radius 2 is 2.04 bits per heavy atom. The van der Waals surface area contributed by atoms with Gasteiger partial charge in [-0.1, -0.05) is 18.2 Å². The highest BCUT2D eigenvalue weighted by Gasteiger charge is 2.16. The molecule has 2 aromatic heterocycles. The number of hydrogen-bond donors (Lipinski definition) is 2. The molecule has 28 heavy (non-hydrogen) atoms. The molecule has 0 saturated carbocycles. The molecule has 8 nitrogen and oxygen atoms in total. The van der Waals surface area contributed by atoms with E-state index in [0.717, 1.165) is 0 Å². The molecular weight excluding hydrogens is 382 g/mol. The molecule has 1 aromatic carbocycles. The van der Waals surface area contributed by atoms with Crippen LogP contribution >= 0.6 is 11.3 Å². The zero-order valence-electron chi connectivity index (χ0n) is 14.5. The zero-order chi connectivity index (χ0) is 19.9. The third kappa shape index (κ3) is 4.92. The maximum absolute atomic E-state index is 12.6. The average Bonchev–Trinajstić information content (AvgIpc) is 3.39. The number of furan rings is 1. The molecule has 0 radical (unpaired) electrons. The summed E-state index contributed by atoms with van der Waals surface area (Å²) in [5.74, 6) is -0.444. The van der Waals surface area contributed by atoms with E-state index in [1.54, 1.807) is 35.7 Å². The number of thiophene rings is 1. The number of hydrogen-bond acceptors (Lipinski definition) is 6. The molecule has 142 valence electrons. The Kier molecular flexibility index (Phi) is 5.97. The fraction of sp³-hybridized carbons (Fsp3) is 0.0526. The Hall–Kier alpha value is -3.72. The normalized spacial score (nSPS) is 11.1. The first kappa shape index (κ1) is 19.1. The number of nitro benzene ring substituents is 1. The van der Waals surface area contributed by atoms with E-state index in [0.29, 0.717) is 16.2 Å². The van der Waals surface area contributed by atoms with E-state index in [-0.39, 0.29) is 17.9 Å². The van der Waals surface area contributed by atoms with Gasteiger partial charge in [0.2, 0.25) is 0 Å². The van der Waals surface area contributed by atoms with Gasteiger partial charge in [0.25, 0.3) is 17.5 Å². The van der Waals surface area contributed by atoms with Gasteiger partial charge in [-0.05, 0) is 35.2 Å². The Morgan fingerprint density at radius 1 is 1.18 bits per heavy atom. The molecule has 0 aliphatic heterocycles. The second-order valence-electron chi connectivity index (χ2n) is 5.60. The monoisotopic (exact) mass is 397 g/mol. The standard InChI is InChI=1S/C19H15N3O5S/c23-18(20-12-15-6-2-8-27-15)16(21-19(24)17-7-3-9-28-17)11-13-4-1-5-14(10-13)22(25)26/h1-11H,12H2,(H,20,23)(H,21,24)/b16-11-. The Morgan fingerprint density at radius 3 is 2.71 bits per heavy atom. The Balaban J connectivity index is 1.84. The van der Waals surface area contributed by atoms with Gasteiger partial charge in [-0.3, -0.25) is 19.7 Å². The highest BCUT2D eigenvalue weighted by Crippen LogP contribution is 2.16. The summed E-state index contributed by atoms with van der Waals surface area (Å²) in [5, 5.41) is 17.9. The lowest BCUT2D eigenvalue weighted by atomic mass is 10.1. The van der Waals surface area contributed by atoms with Crippen LogP contribution in [-0.2, 0) is 11.3 Å². The fourth-order valence-electron chi connectivity index (χ4n) is 2.32. The summed E-state index contributed by atoms with van der Waals surface area (Å²) in [5.41, 5.74) is 0.253. The summed E-state index contributed by atoms with van der Waals surface area (Å²) in [4.78, 5) is 35.8. The van der Waals surface area contributed by atoms with Crippen LogP contribution in [0.4, 0.5) is 5.69 Å². The predicted molar refractivity (Wildman–Crippen MR) is 103 cm³/mol. The minimum atomic E-state index is -0.548. The number of rotatable bonds is 7. The van der Waals surface area contributed by atoms with Crippen molar-refractivity contribution in [2.75, 3.05) is 0 Å². The lowest BCUT2D eigenvalue weighted by molar-refractivity contribution is -0.384. The molecule has 0 saturated heterocycles. The molecule has 0 unspecified atom stereocenters. The number of amides is 2. The molecule has 0 spiro atoms. The molecule has 2 amide bonds. The second-order valence-corrected chi connectivity index (χ2v) is 6.55.